The molecule has 2 unspecified atom stereocenters. The lowest BCUT2D eigenvalue weighted by atomic mass is 9.92. The molecule has 4 aromatic rings. The van der Waals surface area contributed by atoms with Gasteiger partial charge in [-0.1, -0.05) is 79.6 Å². The number of ketones is 1. The van der Waals surface area contributed by atoms with Crippen molar-refractivity contribution in [2.45, 2.75) is 31.3 Å². The predicted molar refractivity (Wildman–Crippen MR) is 139 cm³/mol. The summed E-state index contributed by atoms with van der Waals surface area (Å²) in [7, 11) is 2.71. The number of rotatable bonds is 6. The minimum Gasteiger partial charge on any atom is -0.352 e. The van der Waals surface area contributed by atoms with Crippen molar-refractivity contribution in [1.82, 2.24) is 5.32 Å². The zero-order valence-electron chi connectivity index (χ0n) is 18.6. The molecule has 166 valence electrons. The van der Waals surface area contributed by atoms with Crippen LogP contribution in [0.2, 0.25) is 0 Å². The van der Waals surface area contributed by atoms with Crippen LogP contribution in [0.3, 0.4) is 0 Å². The predicted octanol–water partition coefficient (Wildman–Crippen LogP) is 6.71. The first-order valence-electron chi connectivity index (χ1n) is 11.7. The average molecular weight is 454 g/mol. The van der Waals surface area contributed by atoms with Crippen LogP contribution in [0.1, 0.15) is 57.6 Å². The molecule has 5 rings (SSSR count). The van der Waals surface area contributed by atoms with Crippen molar-refractivity contribution in [3.05, 3.63) is 95.6 Å². The molecule has 1 aliphatic carbocycles. The van der Waals surface area contributed by atoms with Crippen LogP contribution in [0, 0.1) is 5.92 Å². The minimum atomic E-state index is -0.446. The van der Waals surface area contributed by atoms with Crippen molar-refractivity contribution in [2.75, 3.05) is 6.54 Å². The van der Waals surface area contributed by atoms with Gasteiger partial charge in [0.2, 0.25) is 0 Å². The minimum absolute atomic E-state index is 0.0619. The van der Waals surface area contributed by atoms with E-state index in [2.05, 4.69) is 26.7 Å². The van der Waals surface area contributed by atoms with E-state index in [1.54, 1.807) is 0 Å². The molecule has 33 heavy (non-hydrogen) atoms. The molecule has 0 aromatic heterocycles. The Hall–Kier alpha value is -3.03. The number of Topliss-reactive ketones (excluding diaryl/α,β-unsaturated/α-hetero) is 1. The van der Waals surface area contributed by atoms with E-state index in [1.807, 2.05) is 66.7 Å². The van der Waals surface area contributed by atoms with Gasteiger partial charge >= 0.3 is 0 Å². The van der Waals surface area contributed by atoms with Gasteiger partial charge in [0, 0.05) is 12.1 Å². The van der Waals surface area contributed by atoms with E-state index < -0.39 is 5.66 Å². The van der Waals surface area contributed by atoms with Crippen LogP contribution in [0.5, 0.6) is 0 Å². The van der Waals surface area contributed by atoms with Crippen LogP contribution in [-0.4, -0.2) is 18.2 Å². The summed E-state index contributed by atoms with van der Waals surface area (Å²) < 4.78 is 0. The third-order valence-electron chi connectivity index (χ3n) is 6.86. The van der Waals surface area contributed by atoms with Crippen LogP contribution >= 0.6 is 9.24 Å². The molecule has 4 aromatic carbocycles. The van der Waals surface area contributed by atoms with E-state index in [-0.39, 0.29) is 11.7 Å². The molecule has 4 heteroatoms. The summed E-state index contributed by atoms with van der Waals surface area (Å²) in [5.41, 5.74) is 1.45. The van der Waals surface area contributed by atoms with Gasteiger partial charge in [0.25, 0.3) is 5.91 Å². The molecule has 1 N–H and O–H groups in total. The number of carbonyl (C=O) groups excluding carboxylic acids is 2. The Labute approximate surface area is 196 Å². The molecule has 0 spiro atoms. The highest BCUT2D eigenvalue weighted by atomic mass is 31.0. The summed E-state index contributed by atoms with van der Waals surface area (Å²) in [6.07, 6.45) is 4.80. The van der Waals surface area contributed by atoms with Crippen LogP contribution in [0.4, 0.5) is 0 Å². The van der Waals surface area contributed by atoms with Gasteiger partial charge in [-0.15, -0.1) is 9.24 Å². The highest BCUT2D eigenvalue weighted by molar-refractivity contribution is 7.19. The second-order valence-electron chi connectivity index (χ2n) is 9.02. The fraction of sp³-hybridized carbons (Fsp3) is 0.241. The fourth-order valence-corrected chi connectivity index (χ4v) is 5.48. The number of amides is 1. The molecule has 0 aliphatic heterocycles. The molecule has 2 atom stereocenters. The lowest BCUT2D eigenvalue weighted by Crippen LogP contribution is -2.30. The highest BCUT2D eigenvalue weighted by Crippen LogP contribution is 2.34. The smallest absolute Gasteiger partial charge is 0.252 e. The SMILES string of the molecule is O=C(NCC1CCCC1)c1cc2ccccc2cc1C(=O)C(P)c1cccc2ccccc12. The Bertz CT molecular complexity index is 1330. The van der Waals surface area contributed by atoms with Gasteiger partial charge in [-0.25, -0.2) is 0 Å². The van der Waals surface area contributed by atoms with Gasteiger partial charge in [0.15, 0.2) is 5.78 Å². The molecule has 0 heterocycles. The van der Waals surface area contributed by atoms with E-state index in [0.29, 0.717) is 23.6 Å². The molecule has 0 radical (unpaired) electrons. The summed E-state index contributed by atoms with van der Waals surface area (Å²) in [5.74, 6) is 0.318. The Morgan fingerprint density at radius 1 is 0.818 bits per heavy atom. The highest BCUT2D eigenvalue weighted by Gasteiger charge is 2.25. The van der Waals surface area contributed by atoms with Gasteiger partial charge in [0.1, 0.15) is 0 Å². The second kappa shape index (κ2) is 9.45. The van der Waals surface area contributed by atoms with Crippen molar-refractivity contribution >= 4 is 42.5 Å². The maximum atomic E-state index is 13.8. The lowest BCUT2D eigenvalue weighted by Gasteiger charge is -2.18. The monoisotopic (exact) mass is 453 g/mol. The summed E-state index contributed by atoms with van der Waals surface area (Å²) in [6.45, 7) is 0.674. The van der Waals surface area contributed by atoms with Crippen molar-refractivity contribution < 1.29 is 9.59 Å². The number of benzene rings is 4. The van der Waals surface area contributed by atoms with Gasteiger partial charge in [-0.05, 0) is 58.0 Å². The average Bonchev–Trinajstić information content (AvgIpc) is 3.39. The van der Waals surface area contributed by atoms with E-state index in [1.165, 1.54) is 25.7 Å². The van der Waals surface area contributed by atoms with E-state index >= 15 is 0 Å². The van der Waals surface area contributed by atoms with Gasteiger partial charge < -0.3 is 5.32 Å². The maximum absolute atomic E-state index is 13.8. The molecule has 3 nitrogen and oxygen atoms in total. The van der Waals surface area contributed by atoms with Crippen molar-refractivity contribution in [3.8, 4) is 0 Å². The molecule has 0 saturated heterocycles. The molecular weight excluding hydrogens is 425 g/mol. The second-order valence-corrected chi connectivity index (χ2v) is 9.68. The summed E-state index contributed by atoms with van der Waals surface area (Å²) in [5, 5.41) is 7.19. The third kappa shape index (κ3) is 4.43. The van der Waals surface area contributed by atoms with Crippen LogP contribution in [-0.2, 0) is 0 Å². The van der Waals surface area contributed by atoms with Gasteiger partial charge in [-0.2, -0.15) is 0 Å². The fourth-order valence-electron chi connectivity index (χ4n) is 5.01. The Morgan fingerprint density at radius 2 is 1.42 bits per heavy atom. The molecule has 1 fully saturated rings. The van der Waals surface area contributed by atoms with Crippen molar-refractivity contribution in [3.63, 3.8) is 0 Å². The van der Waals surface area contributed by atoms with Crippen molar-refractivity contribution in [1.29, 1.82) is 0 Å². The van der Waals surface area contributed by atoms with Crippen LogP contribution < -0.4 is 5.32 Å². The normalized spacial score (nSPS) is 15.1. The van der Waals surface area contributed by atoms with Gasteiger partial charge in [-0.3, -0.25) is 9.59 Å². The van der Waals surface area contributed by atoms with Crippen LogP contribution in [0.25, 0.3) is 21.5 Å². The summed E-state index contributed by atoms with van der Waals surface area (Å²) in [4.78, 5) is 27.1. The molecule has 0 bridgehead atoms. The molecule has 1 saturated carbocycles. The largest absolute Gasteiger partial charge is 0.352 e. The summed E-state index contributed by atoms with van der Waals surface area (Å²) >= 11 is 0. The number of carbonyl (C=O) groups is 2. The van der Waals surface area contributed by atoms with Crippen molar-refractivity contribution in [2.24, 2.45) is 5.92 Å². The van der Waals surface area contributed by atoms with E-state index in [4.69, 9.17) is 0 Å². The number of fused-ring (bicyclic) bond motifs is 2. The standard InChI is InChI=1S/C29H28NO2P/c31-27(28(33)24-15-7-13-20-10-5-6-14-23(20)24)25-16-21-11-3-4-12-22(21)17-26(25)29(32)30-18-19-8-1-2-9-19/h3-7,10-17,19,28H,1-2,8-9,18,33H2,(H,30,32). The Balaban J connectivity index is 1.53. The first-order chi connectivity index (χ1) is 16.1. The van der Waals surface area contributed by atoms with E-state index in [9.17, 15) is 9.59 Å². The topological polar surface area (TPSA) is 46.2 Å². The lowest BCUT2D eigenvalue weighted by molar-refractivity contribution is 0.0929. The van der Waals surface area contributed by atoms with Gasteiger partial charge in [0.05, 0.1) is 11.2 Å². The molecular formula is C29H28NO2P. The first kappa shape index (κ1) is 21.8. The van der Waals surface area contributed by atoms with E-state index in [0.717, 1.165) is 27.1 Å². The number of nitrogens with one attached hydrogen (secondary N) is 1. The van der Waals surface area contributed by atoms with Crippen LogP contribution in [0.15, 0.2) is 78.9 Å². The summed E-state index contributed by atoms with van der Waals surface area (Å²) in [6, 6.07) is 25.8. The Morgan fingerprint density at radius 3 is 2.15 bits per heavy atom. The molecule has 1 aliphatic rings. The zero-order valence-corrected chi connectivity index (χ0v) is 19.7. The number of hydrogen-bond acceptors (Lipinski definition) is 2. The maximum Gasteiger partial charge on any atom is 0.252 e. The third-order valence-corrected chi connectivity index (χ3v) is 7.52. The molecule has 1 amide bonds. The number of hydrogen-bond donors (Lipinski definition) is 1. The Kier molecular flexibility index (Phi) is 6.24. The quantitative estimate of drug-likeness (QED) is 0.260. The zero-order chi connectivity index (χ0) is 22.8. The first-order valence-corrected chi connectivity index (χ1v) is 12.4.